The van der Waals surface area contributed by atoms with Crippen LogP contribution in [-0.2, 0) is 11.2 Å². The van der Waals surface area contributed by atoms with Crippen LogP contribution in [-0.4, -0.2) is 43.2 Å². The van der Waals surface area contributed by atoms with E-state index in [2.05, 4.69) is 39.3 Å². The molecule has 0 aliphatic heterocycles. The highest BCUT2D eigenvalue weighted by molar-refractivity contribution is 7.99. The summed E-state index contributed by atoms with van der Waals surface area (Å²) in [6, 6.07) is 10.4. The third kappa shape index (κ3) is 4.15. The van der Waals surface area contributed by atoms with Gasteiger partial charge in [-0.3, -0.25) is 0 Å². The molecule has 4 rings (SSSR count). The molecule has 1 aromatic carbocycles. The maximum Gasteiger partial charge on any atom is 0.253 e. The van der Waals surface area contributed by atoms with Gasteiger partial charge in [0.15, 0.2) is 0 Å². The van der Waals surface area contributed by atoms with Crippen molar-refractivity contribution in [3.63, 3.8) is 0 Å². The van der Waals surface area contributed by atoms with Crippen LogP contribution in [0.4, 0.5) is 0 Å². The number of aliphatic hydroxyl groups is 1. The van der Waals surface area contributed by atoms with E-state index in [9.17, 15) is 5.11 Å². The summed E-state index contributed by atoms with van der Waals surface area (Å²) in [4.78, 5) is 8.83. The summed E-state index contributed by atoms with van der Waals surface area (Å²) >= 11 is 1.43. The monoisotopic (exact) mass is 384 g/mol. The number of hydrogen-bond acceptors (Lipinski definition) is 6. The van der Waals surface area contributed by atoms with Crippen molar-refractivity contribution in [3.8, 4) is 0 Å². The van der Waals surface area contributed by atoms with Crippen molar-refractivity contribution in [2.24, 2.45) is 0 Å². The van der Waals surface area contributed by atoms with Gasteiger partial charge in [-0.25, -0.2) is 9.50 Å². The van der Waals surface area contributed by atoms with E-state index in [0.29, 0.717) is 23.3 Å². The van der Waals surface area contributed by atoms with Crippen LogP contribution in [0, 0.1) is 13.8 Å². The fourth-order valence-electron chi connectivity index (χ4n) is 3.54. The molecule has 2 aromatic heterocycles. The highest BCUT2D eigenvalue weighted by Crippen LogP contribution is 2.32. The zero-order valence-corrected chi connectivity index (χ0v) is 16.4. The molecule has 1 aliphatic rings. The minimum Gasteiger partial charge on any atom is -0.390 e. The van der Waals surface area contributed by atoms with Crippen molar-refractivity contribution >= 4 is 17.5 Å². The molecule has 27 heavy (non-hydrogen) atoms. The molecule has 0 saturated carbocycles. The van der Waals surface area contributed by atoms with E-state index in [1.54, 1.807) is 4.52 Å². The quantitative estimate of drug-likeness (QED) is 0.658. The van der Waals surface area contributed by atoms with Crippen LogP contribution in [0.5, 0.6) is 0 Å². The van der Waals surface area contributed by atoms with Gasteiger partial charge in [0.05, 0.1) is 18.8 Å². The van der Waals surface area contributed by atoms with E-state index in [0.717, 1.165) is 30.7 Å². The molecule has 7 heteroatoms. The lowest BCUT2D eigenvalue weighted by Gasteiger charge is -2.26. The Hall–Kier alpha value is -1.96. The Bertz CT molecular complexity index is 943. The molecule has 142 valence electrons. The SMILES string of the molecule is Cc1cc(C)n2nc(SC[C@H](O)CO[C@@H]3CCCc4ccccc43)nc2n1. The van der Waals surface area contributed by atoms with Crippen molar-refractivity contribution < 1.29 is 9.84 Å². The van der Waals surface area contributed by atoms with E-state index in [1.165, 1.54) is 22.9 Å². The highest BCUT2D eigenvalue weighted by atomic mass is 32.2. The molecule has 0 spiro atoms. The molecule has 1 N–H and O–H groups in total. The maximum atomic E-state index is 10.3. The van der Waals surface area contributed by atoms with Gasteiger partial charge in [-0.1, -0.05) is 36.0 Å². The van der Waals surface area contributed by atoms with Gasteiger partial charge in [-0.05, 0) is 50.3 Å². The Labute approximate surface area is 163 Å². The Morgan fingerprint density at radius 3 is 3.04 bits per heavy atom. The molecule has 0 saturated heterocycles. The Balaban J connectivity index is 1.33. The van der Waals surface area contributed by atoms with Gasteiger partial charge in [-0.15, -0.1) is 5.10 Å². The summed E-state index contributed by atoms with van der Waals surface area (Å²) in [5.74, 6) is 1.09. The summed E-state index contributed by atoms with van der Waals surface area (Å²) < 4.78 is 7.77. The first-order valence-corrected chi connectivity index (χ1v) is 10.3. The summed E-state index contributed by atoms with van der Waals surface area (Å²) in [6.45, 7) is 4.24. The molecule has 0 fully saturated rings. The van der Waals surface area contributed by atoms with Crippen LogP contribution in [0.25, 0.3) is 5.78 Å². The number of nitrogens with zero attached hydrogens (tertiary/aromatic N) is 4. The molecule has 0 amide bonds. The summed E-state index contributed by atoms with van der Waals surface area (Å²) in [5.41, 5.74) is 4.55. The van der Waals surface area contributed by atoms with Crippen LogP contribution in [0.2, 0.25) is 0 Å². The van der Waals surface area contributed by atoms with Crippen molar-refractivity contribution in [1.29, 1.82) is 0 Å². The van der Waals surface area contributed by atoms with Crippen LogP contribution < -0.4 is 0 Å². The average molecular weight is 385 g/mol. The van der Waals surface area contributed by atoms with Crippen LogP contribution >= 0.6 is 11.8 Å². The van der Waals surface area contributed by atoms with E-state index < -0.39 is 6.10 Å². The van der Waals surface area contributed by atoms with E-state index in [1.807, 2.05) is 19.9 Å². The standard InChI is InChI=1S/C20H24N4O2S/c1-13-10-14(2)24-19(21-13)22-20(23-24)27-12-16(25)11-26-18-9-5-7-15-6-3-4-8-17(15)18/h3-4,6,8,10,16,18,25H,5,7,9,11-12H2,1-2H3/t16-,18-/m1/s1. The number of benzene rings is 1. The summed E-state index contributed by atoms with van der Waals surface area (Å²) in [7, 11) is 0. The van der Waals surface area contributed by atoms with Gasteiger partial charge in [0.25, 0.3) is 5.78 Å². The first-order chi connectivity index (χ1) is 13.1. The van der Waals surface area contributed by atoms with Gasteiger partial charge in [0.1, 0.15) is 0 Å². The summed E-state index contributed by atoms with van der Waals surface area (Å²) in [5, 5.41) is 15.4. The normalized spacial score (nSPS) is 17.8. The number of thioether (sulfide) groups is 1. The van der Waals surface area contributed by atoms with Crippen LogP contribution in [0.1, 0.15) is 41.5 Å². The molecular formula is C20H24N4O2S. The number of fused-ring (bicyclic) bond motifs is 2. The lowest BCUT2D eigenvalue weighted by Crippen LogP contribution is -2.22. The second kappa shape index (κ2) is 7.96. The lowest BCUT2D eigenvalue weighted by molar-refractivity contribution is -0.00960. The number of aliphatic hydroxyl groups excluding tert-OH is 1. The Kier molecular flexibility index (Phi) is 5.43. The predicted octanol–water partition coefficient (Wildman–Crippen LogP) is 3.29. The summed E-state index contributed by atoms with van der Waals surface area (Å²) in [6.07, 6.45) is 2.77. The molecule has 0 unspecified atom stereocenters. The third-order valence-corrected chi connectivity index (χ3v) is 5.79. The Morgan fingerprint density at radius 2 is 2.15 bits per heavy atom. The zero-order chi connectivity index (χ0) is 18.8. The van der Waals surface area contributed by atoms with Gasteiger partial charge in [0, 0.05) is 17.1 Å². The number of ether oxygens (including phenoxy) is 1. The molecule has 1 aliphatic carbocycles. The molecule has 6 nitrogen and oxygen atoms in total. The topological polar surface area (TPSA) is 72.5 Å². The first kappa shape index (κ1) is 18.4. The average Bonchev–Trinajstić information content (AvgIpc) is 3.08. The molecule has 3 aromatic rings. The first-order valence-electron chi connectivity index (χ1n) is 9.31. The minimum absolute atomic E-state index is 0.0812. The van der Waals surface area contributed by atoms with E-state index >= 15 is 0 Å². The van der Waals surface area contributed by atoms with Gasteiger partial charge < -0.3 is 9.84 Å². The fraction of sp³-hybridized carbons (Fsp3) is 0.450. The van der Waals surface area contributed by atoms with Gasteiger partial charge in [0.2, 0.25) is 5.16 Å². The molecular weight excluding hydrogens is 360 g/mol. The largest absolute Gasteiger partial charge is 0.390 e. The second-order valence-corrected chi connectivity index (χ2v) is 8.01. The molecule has 0 bridgehead atoms. The van der Waals surface area contributed by atoms with Crippen LogP contribution in [0.15, 0.2) is 35.5 Å². The number of rotatable bonds is 6. The van der Waals surface area contributed by atoms with Crippen molar-refractivity contribution in [1.82, 2.24) is 19.6 Å². The van der Waals surface area contributed by atoms with E-state index in [4.69, 9.17) is 4.74 Å². The smallest absolute Gasteiger partial charge is 0.253 e. The van der Waals surface area contributed by atoms with Gasteiger partial charge in [-0.2, -0.15) is 4.98 Å². The Morgan fingerprint density at radius 1 is 1.30 bits per heavy atom. The van der Waals surface area contributed by atoms with E-state index in [-0.39, 0.29) is 6.10 Å². The highest BCUT2D eigenvalue weighted by Gasteiger charge is 2.21. The number of aromatic nitrogens is 4. The molecule has 0 radical (unpaired) electrons. The molecule has 2 atom stereocenters. The second-order valence-electron chi connectivity index (χ2n) is 7.02. The van der Waals surface area contributed by atoms with Crippen LogP contribution in [0.3, 0.4) is 0 Å². The number of hydrogen-bond donors (Lipinski definition) is 1. The number of aryl methyl sites for hydroxylation is 3. The zero-order valence-electron chi connectivity index (χ0n) is 15.6. The van der Waals surface area contributed by atoms with Gasteiger partial charge >= 0.3 is 0 Å². The fourth-order valence-corrected chi connectivity index (χ4v) is 4.26. The van der Waals surface area contributed by atoms with Crippen molar-refractivity contribution in [2.45, 2.75) is 50.5 Å². The minimum atomic E-state index is -0.563. The maximum absolute atomic E-state index is 10.3. The lowest BCUT2D eigenvalue weighted by atomic mass is 9.89. The third-order valence-electron chi connectivity index (χ3n) is 4.81. The van der Waals surface area contributed by atoms with Crippen molar-refractivity contribution in [3.05, 3.63) is 52.8 Å². The predicted molar refractivity (Wildman–Crippen MR) is 105 cm³/mol. The molecule has 2 heterocycles. The van der Waals surface area contributed by atoms with Crippen molar-refractivity contribution in [2.75, 3.05) is 12.4 Å².